The van der Waals surface area contributed by atoms with Crippen LogP contribution in [-0.2, 0) is 9.53 Å². The zero-order chi connectivity index (χ0) is 19.0. The number of halogens is 2. The number of ether oxygens (including phenoxy) is 1. The maximum Gasteiger partial charge on any atom is 0.249 e. The number of hydrogen-bond donors (Lipinski definition) is 0. The summed E-state index contributed by atoms with van der Waals surface area (Å²) in [4.78, 5) is 24.0. The van der Waals surface area contributed by atoms with E-state index in [1.54, 1.807) is 11.0 Å². The smallest absolute Gasteiger partial charge is 0.249 e. The number of hydrogen-bond acceptors (Lipinski definition) is 5. The highest BCUT2D eigenvalue weighted by Gasteiger charge is 2.49. The molecule has 0 N–H and O–H groups in total. The third kappa shape index (κ3) is 3.25. The fraction of sp³-hybridized carbons (Fsp3) is 0.421. The maximum atomic E-state index is 14.1. The lowest BCUT2D eigenvalue weighted by Crippen LogP contribution is -2.37. The fourth-order valence-electron chi connectivity index (χ4n) is 4.34. The average Bonchev–Trinajstić information content (AvgIpc) is 3.20. The number of rotatable bonds is 4. The van der Waals surface area contributed by atoms with Crippen molar-refractivity contribution in [2.75, 3.05) is 38.3 Å². The summed E-state index contributed by atoms with van der Waals surface area (Å²) in [6, 6.07) is 6.05. The molecule has 2 saturated heterocycles. The molecule has 0 radical (unpaired) electrons. The predicted molar refractivity (Wildman–Crippen MR) is 93.9 cm³/mol. The first-order valence-corrected chi connectivity index (χ1v) is 8.82. The van der Waals surface area contributed by atoms with Crippen molar-refractivity contribution in [3.8, 4) is 0 Å². The van der Waals surface area contributed by atoms with Gasteiger partial charge in [0.2, 0.25) is 5.91 Å². The van der Waals surface area contributed by atoms with Gasteiger partial charge in [-0.25, -0.2) is 18.7 Å². The van der Waals surface area contributed by atoms with E-state index >= 15 is 0 Å². The molecule has 3 atom stereocenters. The van der Waals surface area contributed by atoms with Gasteiger partial charge in [-0.3, -0.25) is 4.79 Å². The van der Waals surface area contributed by atoms with Crippen LogP contribution in [0.3, 0.4) is 0 Å². The highest BCUT2D eigenvalue weighted by molar-refractivity contribution is 5.78. The number of amides is 1. The minimum absolute atomic E-state index is 0.0183. The van der Waals surface area contributed by atoms with Gasteiger partial charge >= 0.3 is 0 Å². The lowest BCUT2D eigenvalue weighted by Gasteiger charge is -2.30. The highest BCUT2D eigenvalue weighted by Crippen LogP contribution is 2.46. The van der Waals surface area contributed by atoms with E-state index in [1.807, 2.05) is 11.0 Å². The maximum absolute atomic E-state index is 14.1. The van der Waals surface area contributed by atoms with Crippen LogP contribution in [0.25, 0.3) is 0 Å². The Morgan fingerprint density at radius 1 is 1.30 bits per heavy atom. The summed E-state index contributed by atoms with van der Waals surface area (Å²) in [6.45, 7) is 1.63. The molecule has 1 amide bonds. The molecule has 1 aromatic carbocycles. The first-order chi connectivity index (χ1) is 13.1. The summed E-state index contributed by atoms with van der Waals surface area (Å²) in [7, 11) is 1.48. The SMILES string of the molecule is COCC(=O)N1C[C@H]2CN(c3ncncc3F)C[C@H]2[C@@H]1c1cccc(F)c1. The molecule has 2 aromatic rings. The lowest BCUT2D eigenvalue weighted by atomic mass is 9.89. The number of methoxy groups -OCH3 is 1. The molecular formula is C19H20F2N4O2. The van der Waals surface area contributed by atoms with Crippen LogP contribution in [0.1, 0.15) is 11.6 Å². The lowest BCUT2D eigenvalue weighted by molar-refractivity contribution is -0.136. The van der Waals surface area contributed by atoms with Crippen LogP contribution in [0.15, 0.2) is 36.8 Å². The molecule has 2 fully saturated rings. The van der Waals surface area contributed by atoms with E-state index in [9.17, 15) is 13.6 Å². The number of benzene rings is 1. The number of nitrogens with zero attached hydrogens (tertiary/aromatic N) is 4. The van der Waals surface area contributed by atoms with E-state index in [2.05, 4.69) is 9.97 Å². The van der Waals surface area contributed by atoms with Crippen LogP contribution < -0.4 is 4.90 Å². The second-order valence-electron chi connectivity index (χ2n) is 7.00. The molecule has 0 aliphatic carbocycles. The molecular weight excluding hydrogens is 354 g/mol. The van der Waals surface area contributed by atoms with Crippen molar-refractivity contribution in [3.63, 3.8) is 0 Å². The van der Waals surface area contributed by atoms with Gasteiger partial charge in [0.05, 0.1) is 12.2 Å². The number of anilines is 1. The van der Waals surface area contributed by atoms with Crippen molar-refractivity contribution in [2.45, 2.75) is 6.04 Å². The molecule has 142 valence electrons. The molecule has 2 aliphatic heterocycles. The van der Waals surface area contributed by atoms with Crippen LogP contribution in [0.5, 0.6) is 0 Å². The van der Waals surface area contributed by atoms with E-state index in [0.29, 0.717) is 19.6 Å². The van der Waals surface area contributed by atoms with Gasteiger partial charge in [0.25, 0.3) is 0 Å². The number of aromatic nitrogens is 2. The normalized spacial score (nSPS) is 24.3. The van der Waals surface area contributed by atoms with Crippen LogP contribution in [-0.4, -0.2) is 54.1 Å². The van der Waals surface area contributed by atoms with Crippen LogP contribution in [0.2, 0.25) is 0 Å². The number of carbonyl (C=O) groups excluding carboxylic acids is 1. The molecule has 3 heterocycles. The van der Waals surface area contributed by atoms with E-state index < -0.39 is 5.82 Å². The third-order valence-corrected chi connectivity index (χ3v) is 5.39. The van der Waals surface area contributed by atoms with Crippen molar-refractivity contribution >= 4 is 11.7 Å². The van der Waals surface area contributed by atoms with E-state index in [1.165, 1.54) is 25.6 Å². The number of likely N-dealkylation sites (tertiary alicyclic amines) is 1. The van der Waals surface area contributed by atoms with Gasteiger partial charge in [0, 0.05) is 38.6 Å². The summed E-state index contributed by atoms with van der Waals surface area (Å²) in [5.41, 5.74) is 0.747. The quantitative estimate of drug-likeness (QED) is 0.820. The zero-order valence-electron chi connectivity index (χ0n) is 14.9. The topological polar surface area (TPSA) is 58.6 Å². The van der Waals surface area contributed by atoms with Crippen molar-refractivity contribution < 1.29 is 18.3 Å². The molecule has 27 heavy (non-hydrogen) atoms. The van der Waals surface area contributed by atoms with Gasteiger partial charge in [-0.1, -0.05) is 12.1 Å². The highest BCUT2D eigenvalue weighted by atomic mass is 19.1. The minimum atomic E-state index is -0.466. The molecule has 0 spiro atoms. The van der Waals surface area contributed by atoms with Gasteiger partial charge in [0.1, 0.15) is 18.8 Å². The molecule has 0 saturated carbocycles. The van der Waals surface area contributed by atoms with Crippen LogP contribution in [0.4, 0.5) is 14.6 Å². The van der Waals surface area contributed by atoms with Gasteiger partial charge < -0.3 is 14.5 Å². The Morgan fingerprint density at radius 2 is 2.15 bits per heavy atom. The second kappa shape index (κ2) is 7.19. The average molecular weight is 374 g/mol. The van der Waals surface area contributed by atoms with E-state index in [4.69, 9.17) is 4.74 Å². The second-order valence-corrected chi connectivity index (χ2v) is 7.00. The van der Waals surface area contributed by atoms with Crippen molar-refractivity contribution in [3.05, 3.63) is 54.0 Å². The van der Waals surface area contributed by atoms with Gasteiger partial charge in [-0.15, -0.1) is 0 Å². The standard InChI is InChI=1S/C19H20F2N4O2/c1-27-10-17(26)25-8-13-7-24(19-16(21)6-22-11-23-19)9-15(13)18(25)12-3-2-4-14(20)5-12/h2-6,11,13,15,18H,7-10H2,1H3/t13-,15-,18+/m1/s1. The van der Waals surface area contributed by atoms with E-state index in [0.717, 1.165) is 11.8 Å². The monoisotopic (exact) mass is 374 g/mol. The molecule has 2 aliphatic rings. The molecule has 4 rings (SSSR count). The van der Waals surface area contributed by atoms with Gasteiger partial charge in [-0.2, -0.15) is 0 Å². The minimum Gasteiger partial charge on any atom is -0.375 e. The first kappa shape index (κ1) is 17.8. The molecule has 0 unspecified atom stereocenters. The Hall–Kier alpha value is -2.61. The summed E-state index contributed by atoms with van der Waals surface area (Å²) in [5, 5.41) is 0. The molecule has 6 nitrogen and oxygen atoms in total. The largest absolute Gasteiger partial charge is 0.375 e. The van der Waals surface area contributed by atoms with Crippen LogP contribution in [0, 0.1) is 23.5 Å². The van der Waals surface area contributed by atoms with Crippen LogP contribution >= 0.6 is 0 Å². The molecule has 1 aromatic heterocycles. The van der Waals surface area contributed by atoms with E-state index in [-0.39, 0.29) is 42.0 Å². The first-order valence-electron chi connectivity index (χ1n) is 8.82. The third-order valence-electron chi connectivity index (χ3n) is 5.39. The Morgan fingerprint density at radius 3 is 2.89 bits per heavy atom. The van der Waals surface area contributed by atoms with Crippen molar-refractivity contribution in [1.29, 1.82) is 0 Å². The zero-order valence-corrected chi connectivity index (χ0v) is 14.9. The Bertz CT molecular complexity index is 850. The summed E-state index contributed by atoms with van der Waals surface area (Å²) in [6.07, 6.45) is 2.47. The Kier molecular flexibility index (Phi) is 4.73. The van der Waals surface area contributed by atoms with Crippen molar-refractivity contribution in [1.82, 2.24) is 14.9 Å². The Labute approximate surface area is 155 Å². The fourth-order valence-corrected chi connectivity index (χ4v) is 4.34. The molecule has 0 bridgehead atoms. The van der Waals surface area contributed by atoms with Crippen molar-refractivity contribution in [2.24, 2.45) is 11.8 Å². The van der Waals surface area contributed by atoms with Gasteiger partial charge in [0.15, 0.2) is 11.6 Å². The molecule has 8 heteroatoms. The summed E-state index contributed by atoms with van der Waals surface area (Å²) < 4.78 is 32.9. The summed E-state index contributed by atoms with van der Waals surface area (Å²) >= 11 is 0. The predicted octanol–water partition coefficient (Wildman–Crippen LogP) is 2.04. The Balaban J connectivity index is 1.65. The summed E-state index contributed by atoms with van der Waals surface area (Å²) in [5.74, 6) is -0.456. The van der Waals surface area contributed by atoms with Gasteiger partial charge in [-0.05, 0) is 17.7 Å². The number of carbonyl (C=O) groups is 1. The number of fused-ring (bicyclic) bond motifs is 1.